The Labute approximate surface area is 229 Å². The number of aryl methyl sites for hydroxylation is 1. The number of hydrazone groups is 1. The highest BCUT2D eigenvalue weighted by Gasteiger charge is 2.35. The van der Waals surface area contributed by atoms with Gasteiger partial charge in [-0.2, -0.15) is 18.3 Å². The predicted molar refractivity (Wildman–Crippen MR) is 143 cm³/mol. The molecule has 1 unspecified atom stereocenters. The Morgan fingerprint density at radius 3 is 2.73 bits per heavy atom. The van der Waals surface area contributed by atoms with Crippen molar-refractivity contribution in [2.75, 3.05) is 13.2 Å². The number of halogens is 3. The molecule has 11 heteroatoms. The molecule has 3 aromatic rings. The van der Waals surface area contributed by atoms with Gasteiger partial charge in [-0.05, 0) is 67.4 Å². The summed E-state index contributed by atoms with van der Waals surface area (Å²) in [7, 11) is 0. The van der Waals surface area contributed by atoms with Crippen LogP contribution in [0.15, 0.2) is 88.2 Å². The lowest BCUT2D eigenvalue weighted by molar-refractivity contribution is -0.141. The number of aromatic nitrogens is 1. The summed E-state index contributed by atoms with van der Waals surface area (Å²) in [5.74, 6) is -0.0541. The lowest BCUT2D eigenvalue weighted by Crippen LogP contribution is -2.32. The van der Waals surface area contributed by atoms with E-state index in [1.807, 2.05) is 37.3 Å². The molecule has 1 atom stereocenters. The van der Waals surface area contributed by atoms with Crippen LogP contribution in [0.4, 0.5) is 13.2 Å². The van der Waals surface area contributed by atoms with Crippen molar-refractivity contribution < 1.29 is 32.2 Å². The highest BCUT2D eigenvalue weighted by atomic mass is 19.4. The number of allylic oxidation sites excluding steroid dienone is 1. The van der Waals surface area contributed by atoms with Crippen molar-refractivity contribution in [1.29, 1.82) is 0 Å². The van der Waals surface area contributed by atoms with Gasteiger partial charge >= 0.3 is 12.1 Å². The van der Waals surface area contributed by atoms with Crippen molar-refractivity contribution in [2.24, 2.45) is 16.8 Å². The fourth-order valence-electron chi connectivity index (χ4n) is 4.35. The van der Waals surface area contributed by atoms with E-state index in [0.717, 1.165) is 28.0 Å². The van der Waals surface area contributed by atoms with E-state index in [2.05, 4.69) is 10.1 Å². The summed E-state index contributed by atoms with van der Waals surface area (Å²) in [4.78, 5) is 16.4. The zero-order valence-corrected chi connectivity index (χ0v) is 21.8. The second-order valence-electron chi connectivity index (χ2n) is 9.20. The summed E-state index contributed by atoms with van der Waals surface area (Å²) >= 11 is 0. The van der Waals surface area contributed by atoms with E-state index in [0.29, 0.717) is 42.1 Å². The Balaban J connectivity index is 1.44. The molecule has 0 saturated heterocycles. The molecule has 4 rings (SSSR count). The molecule has 1 aromatic heterocycles. The Morgan fingerprint density at radius 1 is 1.25 bits per heavy atom. The average molecular weight is 555 g/mol. The van der Waals surface area contributed by atoms with Crippen LogP contribution in [0.25, 0.3) is 11.5 Å². The van der Waals surface area contributed by atoms with Gasteiger partial charge in [-0.15, -0.1) is 0 Å². The van der Waals surface area contributed by atoms with Crippen LogP contribution < -0.4 is 10.5 Å². The second-order valence-corrected chi connectivity index (χ2v) is 9.20. The maximum absolute atomic E-state index is 13.3. The molecule has 0 spiro atoms. The van der Waals surface area contributed by atoms with Crippen LogP contribution in [0.2, 0.25) is 0 Å². The maximum Gasteiger partial charge on any atom is 0.435 e. The summed E-state index contributed by atoms with van der Waals surface area (Å²) in [5, 5.41) is 14.5. The van der Waals surface area contributed by atoms with Crippen LogP contribution in [0.5, 0.6) is 5.75 Å². The first-order valence-corrected chi connectivity index (χ1v) is 12.6. The molecule has 0 amide bonds. The van der Waals surface area contributed by atoms with Crippen LogP contribution in [-0.4, -0.2) is 46.1 Å². The van der Waals surface area contributed by atoms with Crippen LogP contribution >= 0.6 is 0 Å². The molecule has 0 fully saturated rings. The van der Waals surface area contributed by atoms with Gasteiger partial charge in [-0.3, -0.25) is 9.80 Å². The number of carboxylic acids is 1. The molecule has 2 aromatic carbocycles. The standard InChI is InChI=1S/C29H29F3N4O4/c1-19-25(34-27(40-19)21-7-3-2-4-8-21)12-15-39-23-9-5-6-20(17-23)16-22-18-36(14-11-24(22)28(37)38)35-26(10-13-33)29(30,31)32/h2-10,13,17-18,24H,11-12,14-16,33H2,1H3,(H,37,38). The van der Waals surface area contributed by atoms with Crippen molar-refractivity contribution in [3.05, 3.63) is 95.7 Å². The highest BCUT2D eigenvalue weighted by Crippen LogP contribution is 2.29. The average Bonchev–Trinajstić information content (AvgIpc) is 3.29. The quantitative estimate of drug-likeness (QED) is 0.318. The molecular formula is C29H29F3N4O4. The summed E-state index contributed by atoms with van der Waals surface area (Å²) in [5.41, 5.74) is 6.83. The van der Waals surface area contributed by atoms with Gasteiger partial charge in [0.25, 0.3) is 0 Å². The van der Waals surface area contributed by atoms with E-state index in [1.165, 1.54) is 6.20 Å². The molecule has 0 aliphatic carbocycles. The molecule has 0 radical (unpaired) electrons. The van der Waals surface area contributed by atoms with Gasteiger partial charge in [-0.25, -0.2) is 4.98 Å². The summed E-state index contributed by atoms with van der Waals surface area (Å²) < 4.78 is 51.5. The van der Waals surface area contributed by atoms with Crippen molar-refractivity contribution in [3.8, 4) is 17.2 Å². The monoisotopic (exact) mass is 554 g/mol. The van der Waals surface area contributed by atoms with Crippen LogP contribution in [0.3, 0.4) is 0 Å². The molecule has 1 aliphatic rings. The first-order valence-electron chi connectivity index (χ1n) is 12.6. The second kappa shape index (κ2) is 12.5. The Hall–Kier alpha value is -4.54. The van der Waals surface area contributed by atoms with Crippen molar-refractivity contribution in [1.82, 2.24) is 9.99 Å². The highest BCUT2D eigenvalue weighted by molar-refractivity contribution is 5.99. The van der Waals surface area contributed by atoms with Crippen molar-refractivity contribution in [3.63, 3.8) is 0 Å². The predicted octanol–water partition coefficient (Wildman–Crippen LogP) is 5.50. The lowest BCUT2D eigenvalue weighted by atomic mass is 9.89. The zero-order chi connectivity index (χ0) is 28.7. The van der Waals surface area contributed by atoms with E-state index in [1.54, 1.807) is 24.3 Å². The molecule has 8 nitrogen and oxygen atoms in total. The van der Waals surface area contributed by atoms with E-state index < -0.39 is 23.8 Å². The molecule has 3 N–H and O–H groups in total. The van der Waals surface area contributed by atoms with E-state index in [4.69, 9.17) is 14.9 Å². The van der Waals surface area contributed by atoms with Crippen molar-refractivity contribution >= 4 is 11.7 Å². The molecule has 210 valence electrons. The van der Waals surface area contributed by atoms with Gasteiger partial charge in [0.1, 0.15) is 11.5 Å². The number of ether oxygens (including phenoxy) is 1. The van der Waals surface area contributed by atoms with E-state index in [-0.39, 0.29) is 19.4 Å². The summed E-state index contributed by atoms with van der Waals surface area (Å²) in [6.45, 7) is 2.21. The maximum atomic E-state index is 13.3. The number of carboxylic acid groups (broad SMARTS) is 1. The number of hydrogen-bond donors (Lipinski definition) is 2. The fraction of sp³-hybridized carbons (Fsp3) is 0.276. The number of nitrogens with two attached hydrogens (primary N) is 1. The van der Waals surface area contributed by atoms with Gasteiger partial charge in [0.05, 0.1) is 18.2 Å². The van der Waals surface area contributed by atoms with Crippen LogP contribution in [-0.2, 0) is 17.6 Å². The Morgan fingerprint density at radius 2 is 2.02 bits per heavy atom. The normalized spacial score (nSPS) is 16.3. The molecule has 2 heterocycles. The number of nitrogens with zero attached hydrogens (tertiary/aromatic N) is 3. The lowest BCUT2D eigenvalue weighted by Gasteiger charge is -2.28. The topological polar surface area (TPSA) is 114 Å². The number of oxazole rings is 1. The number of hydrogen-bond acceptors (Lipinski definition) is 7. The number of benzene rings is 2. The number of rotatable bonds is 10. The number of alkyl halides is 3. The van der Waals surface area contributed by atoms with Crippen LogP contribution in [0, 0.1) is 12.8 Å². The minimum Gasteiger partial charge on any atom is -0.493 e. The molecule has 0 bridgehead atoms. The van der Waals surface area contributed by atoms with Gasteiger partial charge in [0.2, 0.25) is 5.89 Å². The minimum atomic E-state index is -4.70. The Kier molecular flexibility index (Phi) is 8.93. The molecular weight excluding hydrogens is 525 g/mol. The van der Waals surface area contributed by atoms with Gasteiger partial charge in [0.15, 0.2) is 5.71 Å². The van der Waals surface area contributed by atoms with Crippen LogP contribution in [0.1, 0.15) is 23.4 Å². The van der Waals surface area contributed by atoms with Gasteiger partial charge < -0.3 is 20.0 Å². The molecule has 0 saturated carbocycles. The third-order valence-corrected chi connectivity index (χ3v) is 6.32. The van der Waals surface area contributed by atoms with Gasteiger partial charge in [-0.1, -0.05) is 30.3 Å². The van der Waals surface area contributed by atoms with E-state index in [9.17, 15) is 23.1 Å². The number of aliphatic carboxylic acids is 1. The molecule has 40 heavy (non-hydrogen) atoms. The Bertz CT molecular complexity index is 1410. The first kappa shape index (κ1) is 28.5. The number of carbonyl (C=O) groups is 1. The SMILES string of the molecule is Cc1oc(-c2ccccc2)nc1CCOc1cccc(CC2=CN(N=C(C=CN)C(F)(F)F)CCC2C(=O)O)c1. The fourth-order valence-corrected chi connectivity index (χ4v) is 4.35. The third-order valence-electron chi connectivity index (χ3n) is 6.32. The third kappa shape index (κ3) is 7.31. The zero-order valence-electron chi connectivity index (χ0n) is 21.8. The smallest absolute Gasteiger partial charge is 0.435 e. The van der Waals surface area contributed by atoms with Crippen molar-refractivity contribution in [2.45, 2.75) is 32.4 Å². The summed E-state index contributed by atoms with van der Waals surface area (Å²) in [6, 6.07) is 16.7. The largest absolute Gasteiger partial charge is 0.493 e. The van der Waals surface area contributed by atoms with Gasteiger partial charge in [0, 0.05) is 24.7 Å². The molecule has 1 aliphatic heterocycles. The minimum absolute atomic E-state index is 0.0229. The van der Waals surface area contributed by atoms with E-state index >= 15 is 0 Å². The summed E-state index contributed by atoms with van der Waals surface area (Å²) in [6.07, 6.45) is -1.07. The first-order chi connectivity index (χ1) is 19.1.